The summed E-state index contributed by atoms with van der Waals surface area (Å²) in [5.41, 5.74) is 3.96. The lowest BCUT2D eigenvalue weighted by Crippen LogP contribution is -2.59. The van der Waals surface area contributed by atoms with Crippen LogP contribution in [-0.2, 0) is 26.7 Å². The van der Waals surface area contributed by atoms with Gasteiger partial charge < -0.3 is 14.1 Å². The zero-order valence-corrected chi connectivity index (χ0v) is 22.9. The average Bonchev–Trinajstić information content (AvgIpc) is 3.49. The molecule has 1 saturated heterocycles. The van der Waals surface area contributed by atoms with E-state index in [-0.39, 0.29) is 23.4 Å². The van der Waals surface area contributed by atoms with Gasteiger partial charge in [0.1, 0.15) is 5.75 Å². The van der Waals surface area contributed by atoms with E-state index in [1.807, 2.05) is 30.1 Å². The average molecular weight is 545 g/mol. The highest BCUT2D eigenvalue weighted by atomic mass is 32.2. The SMILES string of the molecule is COc1ccc2c(c1)[C@]13CCN(S(=O)(=O)c4ccccc4)[C@H](C2)C1=CC[C@H](N(C)C(=O)/C=C/c1ccoc1)C3. The Morgan fingerprint density at radius 2 is 2.00 bits per heavy atom. The van der Waals surface area contributed by atoms with Gasteiger partial charge in [-0.15, -0.1) is 0 Å². The number of methoxy groups -OCH3 is 1. The molecule has 3 aliphatic rings. The Kier molecular flexibility index (Phi) is 6.47. The van der Waals surface area contributed by atoms with E-state index in [9.17, 15) is 13.2 Å². The van der Waals surface area contributed by atoms with Gasteiger partial charge in [0.15, 0.2) is 0 Å². The number of hydrogen-bond acceptors (Lipinski definition) is 5. The smallest absolute Gasteiger partial charge is 0.246 e. The molecular weight excluding hydrogens is 512 g/mol. The Bertz CT molecular complexity index is 1540. The molecule has 1 aliphatic heterocycles. The number of amides is 1. The molecule has 3 atom stereocenters. The largest absolute Gasteiger partial charge is 0.497 e. The van der Waals surface area contributed by atoms with Crippen LogP contribution < -0.4 is 4.74 Å². The highest BCUT2D eigenvalue weighted by molar-refractivity contribution is 7.89. The third kappa shape index (κ3) is 4.32. The first-order valence-electron chi connectivity index (χ1n) is 13.3. The summed E-state index contributed by atoms with van der Waals surface area (Å²) in [4.78, 5) is 15.3. The van der Waals surface area contributed by atoms with Crippen LogP contribution in [0.15, 0.2) is 94.2 Å². The van der Waals surface area contributed by atoms with Crippen molar-refractivity contribution in [3.63, 3.8) is 0 Å². The lowest BCUT2D eigenvalue weighted by molar-refractivity contribution is -0.127. The van der Waals surface area contributed by atoms with E-state index in [4.69, 9.17) is 9.15 Å². The summed E-state index contributed by atoms with van der Waals surface area (Å²) in [5, 5.41) is 0. The van der Waals surface area contributed by atoms with E-state index in [2.05, 4.69) is 18.2 Å². The Balaban J connectivity index is 1.38. The lowest BCUT2D eigenvalue weighted by Gasteiger charge is -2.56. The summed E-state index contributed by atoms with van der Waals surface area (Å²) >= 11 is 0. The van der Waals surface area contributed by atoms with Crippen molar-refractivity contribution in [2.45, 2.75) is 48.1 Å². The van der Waals surface area contributed by atoms with Gasteiger partial charge in [0, 0.05) is 36.7 Å². The molecule has 0 saturated carbocycles. The second-order valence-electron chi connectivity index (χ2n) is 10.6. The van der Waals surface area contributed by atoms with Crippen molar-refractivity contribution in [1.82, 2.24) is 9.21 Å². The van der Waals surface area contributed by atoms with Crippen molar-refractivity contribution in [1.29, 1.82) is 0 Å². The number of carbonyl (C=O) groups excluding carboxylic acids is 1. The van der Waals surface area contributed by atoms with Gasteiger partial charge >= 0.3 is 0 Å². The molecule has 2 aromatic carbocycles. The fraction of sp³-hybridized carbons (Fsp3) is 0.323. The second-order valence-corrected chi connectivity index (χ2v) is 12.5. The van der Waals surface area contributed by atoms with Gasteiger partial charge in [0.05, 0.1) is 30.6 Å². The number of ether oxygens (including phenoxy) is 1. The predicted molar refractivity (Wildman–Crippen MR) is 149 cm³/mol. The minimum absolute atomic E-state index is 0.0228. The molecule has 39 heavy (non-hydrogen) atoms. The van der Waals surface area contributed by atoms with E-state index >= 15 is 0 Å². The Morgan fingerprint density at radius 1 is 1.18 bits per heavy atom. The number of piperidine rings is 1. The molecule has 0 radical (unpaired) electrons. The van der Waals surface area contributed by atoms with Crippen LogP contribution >= 0.6 is 0 Å². The summed E-state index contributed by atoms with van der Waals surface area (Å²) in [5.74, 6) is 0.714. The van der Waals surface area contributed by atoms with Crippen molar-refractivity contribution in [2.24, 2.45) is 0 Å². The van der Waals surface area contributed by atoms with Gasteiger partial charge in [-0.05, 0) is 78.8 Å². The summed E-state index contributed by atoms with van der Waals surface area (Å²) in [6.07, 6.45) is 11.4. The molecule has 2 bridgehead atoms. The molecule has 202 valence electrons. The number of carbonyl (C=O) groups is 1. The summed E-state index contributed by atoms with van der Waals surface area (Å²) < 4.78 is 40.0. The number of fused-ring (bicyclic) bond motifs is 1. The number of nitrogens with zero attached hydrogens (tertiary/aromatic N) is 2. The number of rotatable bonds is 6. The van der Waals surface area contributed by atoms with Gasteiger partial charge in [-0.2, -0.15) is 4.31 Å². The van der Waals surface area contributed by atoms with E-state index in [0.717, 1.165) is 28.9 Å². The van der Waals surface area contributed by atoms with Crippen LogP contribution in [0, 0.1) is 0 Å². The third-order valence-electron chi connectivity index (χ3n) is 8.66. The molecule has 0 N–H and O–H groups in total. The fourth-order valence-corrected chi connectivity index (χ4v) is 8.27. The van der Waals surface area contributed by atoms with Gasteiger partial charge in [0.2, 0.25) is 15.9 Å². The van der Waals surface area contributed by atoms with Crippen LogP contribution in [0.5, 0.6) is 5.75 Å². The summed E-state index contributed by atoms with van der Waals surface area (Å²) in [6.45, 7) is 0.417. The van der Waals surface area contributed by atoms with Gasteiger partial charge in [-0.1, -0.05) is 30.3 Å². The van der Waals surface area contributed by atoms with Crippen LogP contribution in [0.3, 0.4) is 0 Å². The van der Waals surface area contributed by atoms with Gasteiger partial charge in [0.25, 0.3) is 0 Å². The highest BCUT2D eigenvalue weighted by Gasteiger charge is 2.54. The van der Waals surface area contributed by atoms with E-state index in [0.29, 0.717) is 30.7 Å². The molecule has 1 fully saturated rings. The molecule has 0 spiro atoms. The quantitative estimate of drug-likeness (QED) is 0.329. The maximum atomic E-state index is 13.8. The molecule has 6 rings (SSSR count). The molecule has 2 aliphatic carbocycles. The van der Waals surface area contributed by atoms with E-state index in [1.54, 1.807) is 60.4 Å². The third-order valence-corrected chi connectivity index (χ3v) is 10.6. The number of likely N-dealkylation sites (N-methyl/N-ethyl adjacent to an activating group) is 1. The van der Waals surface area contributed by atoms with E-state index < -0.39 is 10.0 Å². The lowest BCUT2D eigenvalue weighted by atomic mass is 9.56. The first kappa shape index (κ1) is 25.6. The topological polar surface area (TPSA) is 80.1 Å². The number of furan rings is 1. The van der Waals surface area contributed by atoms with Crippen LogP contribution in [0.2, 0.25) is 0 Å². The van der Waals surface area contributed by atoms with Crippen LogP contribution in [0.1, 0.15) is 36.0 Å². The zero-order valence-electron chi connectivity index (χ0n) is 22.1. The van der Waals surface area contributed by atoms with Crippen molar-refractivity contribution in [2.75, 3.05) is 20.7 Å². The number of sulfonamides is 1. The second kappa shape index (κ2) is 9.84. The molecule has 1 aromatic heterocycles. The summed E-state index contributed by atoms with van der Waals surface area (Å²) in [6, 6.07) is 16.4. The normalized spacial score (nSPS) is 24.5. The van der Waals surface area contributed by atoms with Gasteiger partial charge in [-0.25, -0.2) is 8.42 Å². The highest BCUT2D eigenvalue weighted by Crippen LogP contribution is 2.55. The Morgan fingerprint density at radius 3 is 2.74 bits per heavy atom. The van der Waals surface area contributed by atoms with Crippen LogP contribution in [-0.4, -0.2) is 56.3 Å². The first-order valence-corrected chi connectivity index (χ1v) is 14.7. The van der Waals surface area contributed by atoms with Crippen molar-refractivity contribution < 1.29 is 22.4 Å². The number of hydrogen-bond donors (Lipinski definition) is 0. The fourth-order valence-electron chi connectivity index (χ4n) is 6.65. The molecule has 7 nitrogen and oxygen atoms in total. The van der Waals surface area contributed by atoms with Crippen molar-refractivity contribution in [3.8, 4) is 5.75 Å². The molecule has 0 unspecified atom stereocenters. The molecule has 8 heteroatoms. The van der Waals surface area contributed by atoms with Crippen LogP contribution in [0.4, 0.5) is 0 Å². The standard InChI is InChI=1S/C31H32N2O5S/c1-32(30(34)13-8-22-14-17-38-21-22)24-10-12-27-29-18-23-9-11-25(37-2)19-28(23)31(27,20-24)15-16-33(29)39(35,36)26-6-4-3-5-7-26/h3-9,11-14,17,19,21,24,29H,10,15-16,18,20H2,1-2H3/b13-8+/t24-,29+,31-/m0/s1. The molecule has 2 heterocycles. The summed E-state index contributed by atoms with van der Waals surface area (Å²) in [7, 11) is -0.151. The van der Waals surface area contributed by atoms with E-state index in [1.165, 1.54) is 5.56 Å². The van der Waals surface area contributed by atoms with Crippen molar-refractivity contribution >= 4 is 22.0 Å². The maximum Gasteiger partial charge on any atom is 0.246 e. The molecule has 3 aromatic rings. The maximum absolute atomic E-state index is 13.8. The Labute approximate surface area is 229 Å². The van der Waals surface area contributed by atoms with Crippen molar-refractivity contribution in [3.05, 3.63) is 102 Å². The minimum Gasteiger partial charge on any atom is -0.497 e. The predicted octanol–water partition coefficient (Wildman–Crippen LogP) is 4.81. The Hall–Kier alpha value is -3.62. The van der Waals surface area contributed by atoms with Crippen LogP contribution in [0.25, 0.3) is 6.08 Å². The molecule has 1 amide bonds. The zero-order chi connectivity index (χ0) is 27.2. The molecular formula is C31H32N2O5S. The number of benzene rings is 2. The monoisotopic (exact) mass is 544 g/mol. The first-order chi connectivity index (χ1) is 18.8. The minimum atomic E-state index is -3.67. The van der Waals surface area contributed by atoms with Gasteiger partial charge in [-0.3, -0.25) is 4.79 Å².